The van der Waals surface area contributed by atoms with Crippen LogP contribution in [0.4, 0.5) is 5.69 Å². The highest BCUT2D eigenvalue weighted by molar-refractivity contribution is 7.92. The average molecular weight is 566 g/mol. The lowest BCUT2D eigenvalue weighted by Gasteiger charge is -2.32. The summed E-state index contributed by atoms with van der Waals surface area (Å²) in [6.45, 7) is 10.0. The molecular formula is C31H39N3O5S. The minimum atomic E-state index is -4.13. The minimum Gasteiger partial charge on any atom is -0.494 e. The molecule has 0 spiro atoms. The maximum atomic E-state index is 13.9. The fourth-order valence-corrected chi connectivity index (χ4v) is 5.58. The van der Waals surface area contributed by atoms with Crippen molar-refractivity contribution in [2.75, 3.05) is 24.0 Å². The molecule has 0 aromatic heterocycles. The van der Waals surface area contributed by atoms with Gasteiger partial charge in [0.2, 0.25) is 11.8 Å². The van der Waals surface area contributed by atoms with E-state index in [0.717, 1.165) is 15.4 Å². The number of ether oxygens (including phenoxy) is 1. The number of nitrogens with one attached hydrogen (secondary N) is 1. The second kappa shape index (κ2) is 14.0. The van der Waals surface area contributed by atoms with Gasteiger partial charge >= 0.3 is 0 Å². The van der Waals surface area contributed by atoms with Gasteiger partial charge in [0.1, 0.15) is 18.3 Å². The van der Waals surface area contributed by atoms with E-state index in [9.17, 15) is 18.0 Å². The molecule has 3 aromatic carbocycles. The van der Waals surface area contributed by atoms with Gasteiger partial charge in [0.15, 0.2) is 0 Å². The number of para-hydroxylation sites is 1. The first kappa shape index (κ1) is 30.7. The summed E-state index contributed by atoms with van der Waals surface area (Å²) in [5.74, 6) is 0.00154. The van der Waals surface area contributed by atoms with E-state index in [4.69, 9.17) is 4.74 Å². The summed E-state index contributed by atoms with van der Waals surface area (Å²) in [6, 6.07) is 21.5. The van der Waals surface area contributed by atoms with Gasteiger partial charge in [0, 0.05) is 13.1 Å². The Labute approximate surface area is 238 Å². The molecule has 1 atom stereocenters. The van der Waals surface area contributed by atoms with E-state index in [0.29, 0.717) is 24.6 Å². The molecule has 1 N–H and O–H groups in total. The van der Waals surface area contributed by atoms with E-state index in [-0.39, 0.29) is 23.3 Å². The van der Waals surface area contributed by atoms with Crippen LogP contribution in [0.2, 0.25) is 0 Å². The number of hydrogen-bond acceptors (Lipinski definition) is 5. The van der Waals surface area contributed by atoms with Crippen molar-refractivity contribution in [2.24, 2.45) is 5.92 Å². The molecule has 0 aliphatic heterocycles. The van der Waals surface area contributed by atoms with Gasteiger partial charge in [-0.05, 0) is 68.7 Å². The monoisotopic (exact) mass is 565 g/mol. The molecule has 2 amide bonds. The van der Waals surface area contributed by atoms with Crippen LogP contribution in [0.25, 0.3) is 0 Å². The molecule has 3 rings (SSSR count). The summed E-state index contributed by atoms with van der Waals surface area (Å²) >= 11 is 0. The molecule has 9 heteroatoms. The zero-order valence-corrected chi connectivity index (χ0v) is 24.6. The van der Waals surface area contributed by atoms with Crippen LogP contribution in [-0.4, -0.2) is 50.9 Å². The number of carbonyl (C=O) groups excluding carboxylic acids is 2. The Morgan fingerprint density at radius 2 is 1.60 bits per heavy atom. The maximum absolute atomic E-state index is 13.9. The Hall–Kier alpha value is -3.85. The van der Waals surface area contributed by atoms with Crippen LogP contribution in [0.3, 0.4) is 0 Å². The van der Waals surface area contributed by atoms with Crippen LogP contribution in [0.15, 0.2) is 83.8 Å². The molecule has 0 saturated heterocycles. The number of benzene rings is 3. The SMILES string of the molecule is CCOc1ccc(S(=O)(=O)N(CC(=O)N(Cc2cccc(C)c2)[C@H](C)C(=O)NCC(C)C)c2ccccc2)cc1. The summed E-state index contributed by atoms with van der Waals surface area (Å²) in [7, 11) is -4.13. The first-order chi connectivity index (χ1) is 19.0. The fraction of sp³-hybridized carbons (Fsp3) is 0.355. The van der Waals surface area contributed by atoms with E-state index in [1.54, 1.807) is 49.4 Å². The number of amides is 2. The van der Waals surface area contributed by atoms with Gasteiger partial charge in [-0.15, -0.1) is 0 Å². The van der Waals surface area contributed by atoms with Gasteiger partial charge in [-0.25, -0.2) is 8.42 Å². The number of carbonyl (C=O) groups is 2. The van der Waals surface area contributed by atoms with E-state index >= 15 is 0 Å². The molecule has 40 heavy (non-hydrogen) atoms. The average Bonchev–Trinajstić information content (AvgIpc) is 2.93. The third kappa shape index (κ3) is 8.08. The highest BCUT2D eigenvalue weighted by atomic mass is 32.2. The Morgan fingerprint density at radius 1 is 0.925 bits per heavy atom. The van der Waals surface area contributed by atoms with Crippen molar-refractivity contribution in [3.05, 3.63) is 90.0 Å². The van der Waals surface area contributed by atoms with Crippen LogP contribution in [0, 0.1) is 12.8 Å². The zero-order chi connectivity index (χ0) is 29.3. The Morgan fingerprint density at radius 3 is 2.20 bits per heavy atom. The molecule has 0 radical (unpaired) electrons. The molecule has 0 aliphatic carbocycles. The van der Waals surface area contributed by atoms with Crippen LogP contribution in [-0.2, 0) is 26.2 Å². The van der Waals surface area contributed by atoms with Crippen molar-refractivity contribution in [2.45, 2.75) is 52.1 Å². The summed E-state index contributed by atoms with van der Waals surface area (Å²) in [6.07, 6.45) is 0. The van der Waals surface area contributed by atoms with Crippen LogP contribution in [0.1, 0.15) is 38.8 Å². The summed E-state index contributed by atoms with van der Waals surface area (Å²) in [4.78, 5) is 28.5. The van der Waals surface area contributed by atoms with Gasteiger partial charge in [0.25, 0.3) is 10.0 Å². The van der Waals surface area contributed by atoms with Crippen molar-refractivity contribution in [1.29, 1.82) is 0 Å². The topological polar surface area (TPSA) is 96.0 Å². The van der Waals surface area contributed by atoms with E-state index in [2.05, 4.69) is 5.32 Å². The molecule has 0 aliphatic rings. The van der Waals surface area contributed by atoms with Crippen molar-refractivity contribution in [1.82, 2.24) is 10.2 Å². The van der Waals surface area contributed by atoms with Crippen LogP contribution < -0.4 is 14.4 Å². The molecule has 3 aromatic rings. The van der Waals surface area contributed by atoms with E-state index in [1.165, 1.54) is 17.0 Å². The molecule has 214 valence electrons. The number of sulfonamides is 1. The summed E-state index contributed by atoms with van der Waals surface area (Å²) in [5, 5.41) is 2.89. The zero-order valence-electron chi connectivity index (χ0n) is 23.8. The summed E-state index contributed by atoms with van der Waals surface area (Å²) in [5.41, 5.74) is 2.21. The lowest BCUT2D eigenvalue weighted by Crippen LogP contribution is -2.51. The van der Waals surface area contributed by atoms with Crippen molar-refractivity contribution < 1.29 is 22.7 Å². The highest BCUT2D eigenvalue weighted by Crippen LogP contribution is 2.26. The summed E-state index contributed by atoms with van der Waals surface area (Å²) < 4.78 is 34.3. The molecule has 8 nitrogen and oxygen atoms in total. The minimum absolute atomic E-state index is 0.0283. The largest absolute Gasteiger partial charge is 0.494 e. The van der Waals surface area contributed by atoms with Crippen LogP contribution >= 0.6 is 0 Å². The number of aryl methyl sites for hydroxylation is 1. The maximum Gasteiger partial charge on any atom is 0.264 e. The predicted molar refractivity (Wildman–Crippen MR) is 158 cm³/mol. The molecule has 0 fully saturated rings. The molecule has 0 unspecified atom stereocenters. The lowest BCUT2D eigenvalue weighted by atomic mass is 10.1. The second-order valence-electron chi connectivity index (χ2n) is 10.1. The van der Waals surface area contributed by atoms with Gasteiger partial charge in [0.05, 0.1) is 17.2 Å². The Kier molecular flexibility index (Phi) is 10.7. The molecule has 0 bridgehead atoms. The number of nitrogens with zero attached hydrogens (tertiary/aromatic N) is 2. The van der Waals surface area contributed by atoms with Crippen molar-refractivity contribution in [3.63, 3.8) is 0 Å². The van der Waals surface area contributed by atoms with Gasteiger partial charge in [-0.2, -0.15) is 0 Å². The Bertz CT molecular complexity index is 1380. The molecule has 0 saturated carbocycles. The third-order valence-corrected chi connectivity index (χ3v) is 8.12. The number of hydrogen-bond donors (Lipinski definition) is 1. The Balaban J connectivity index is 1.98. The van der Waals surface area contributed by atoms with Gasteiger partial charge in [-0.1, -0.05) is 61.9 Å². The van der Waals surface area contributed by atoms with E-state index < -0.39 is 28.5 Å². The highest BCUT2D eigenvalue weighted by Gasteiger charge is 2.32. The first-order valence-corrected chi connectivity index (χ1v) is 14.9. The second-order valence-corrected chi connectivity index (χ2v) is 11.9. The van der Waals surface area contributed by atoms with Gasteiger partial charge in [-0.3, -0.25) is 13.9 Å². The third-order valence-electron chi connectivity index (χ3n) is 6.33. The lowest BCUT2D eigenvalue weighted by molar-refractivity contribution is -0.139. The normalized spacial score (nSPS) is 12.1. The van der Waals surface area contributed by atoms with Crippen molar-refractivity contribution in [3.8, 4) is 5.75 Å². The van der Waals surface area contributed by atoms with Gasteiger partial charge < -0.3 is 15.0 Å². The fourth-order valence-electron chi connectivity index (χ4n) is 4.17. The predicted octanol–water partition coefficient (Wildman–Crippen LogP) is 4.78. The molecule has 0 heterocycles. The van der Waals surface area contributed by atoms with E-state index in [1.807, 2.05) is 52.0 Å². The van der Waals surface area contributed by atoms with Crippen LogP contribution in [0.5, 0.6) is 5.75 Å². The first-order valence-electron chi connectivity index (χ1n) is 13.5. The number of anilines is 1. The van der Waals surface area contributed by atoms with Crippen molar-refractivity contribution >= 4 is 27.5 Å². The number of rotatable bonds is 13. The standard InChI is InChI=1S/C31H39N3O5S/c1-6-39-28-15-17-29(18-16-28)40(37,38)34(27-13-8-7-9-14-27)22-30(35)33(21-26-12-10-11-24(4)19-26)25(5)31(36)32-20-23(2)3/h7-19,23,25H,6,20-22H2,1-5H3,(H,32,36)/t25-/m1/s1. The quantitative estimate of drug-likeness (QED) is 0.322. The smallest absolute Gasteiger partial charge is 0.264 e. The molecular weight excluding hydrogens is 526 g/mol.